The number of benzene rings is 1. The SMILES string of the molecule is COc1cccc(C(=O)C2C(=O)C(=O)N(CCCN(C)C)C2c2ccc(C)o2)c1. The Morgan fingerprint density at radius 2 is 1.97 bits per heavy atom. The van der Waals surface area contributed by atoms with Crippen molar-refractivity contribution in [3.63, 3.8) is 0 Å². The van der Waals surface area contributed by atoms with Gasteiger partial charge in [0.2, 0.25) is 5.78 Å². The van der Waals surface area contributed by atoms with Crippen molar-refractivity contribution < 1.29 is 23.5 Å². The van der Waals surface area contributed by atoms with Crippen molar-refractivity contribution in [3.8, 4) is 5.75 Å². The number of furan rings is 1. The van der Waals surface area contributed by atoms with Gasteiger partial charge in [-0.25, -0.2) is 0 Å². The van der Waals surface area contributed by atoms with E-state index in [9.17, 15) is 14.4 Å². The van der Waals surface area contributed by atoms with Crippen LogP contribution in [0, 0.1) is 12.8 Å². The van der Waals surface area contributed by atoms with E-state index in [4.69, 9.17) is 9.15 Å². The van der Waals surface area contributed by atoms with Gasteiger partial charge in [-0.2, -0.15) is 0 Å². The number of likely N-dealkylation sites (tertiary alicyclic amines) is 1. The summed E-state index contributed by atoms with van der Waals surface area (Å²) in [5.74, 6) is -1.25. The zero-order chi connectivity index (χ0) is 21.1. The van der Waals surface area contributed by atoms with E-state index < -0.39 is 29.4 Å². The molecule has 0 aliphatic carbocycles. The maximum Gasteiger partial charge on any atom is 0.291 e. The first-order valence-corrected chi connectivity index (χ1v) is 9.57. The van der Waals surface area contributed by atoms with Gasteiger partial charge in [0.25, 0.3) is 5.91 Å². The Hall–Kier alpha value is -2.93. The third-order valence-electron chi connectivity index (χ3n) is 5.10. The van der Waals surface area contributed by atoms with E-state index in [2.05, 4.69) is 0 Å². The Bertz CT molecular complexity index is 917. The number of carbonyl (C=O) groups is 3. The first kappa shape index (κ1) is 20.8. The van der Waals surface area contributed by atoms with Gasteiger partial charge >= 0.3 is 0 Å². The number of ketones is 2. The molecule has 2 atom stereocenters. The number of methoxy groups -OCH3 is 1. The van der Waals surface area contributed by atoms with Crippen molar-refractivity contribution in [2.45, 2.75) is 19.4 Å². The maximum atomic E-state index is 13.3. The van der Waals surface area contributed by atoms with Gasteiger partial charge in [0.15, 0.2) is 5.78 Å². The molecule has 0 spiro atoms. The van der Waals surface area contributed by atoms with Crippen molar-refractivity contribution in [1.82, 2.24) is 9.80 Å². The van der Waals surface area contributed by atoms with E-state index in [1.807, 2.05) is 19.0 Å². The fourth-order valence-electron chi connectivity index (χ4n) is 3.67. The van der Waals surface area contributed by atoms with Crippen molar-refractivity contribution >= 4 is 17.5 Å². The topological polar surface area (TPSA) is 80.1 Å². The monoisotopic (exact) mass is 398 g/mol. The zero-order valence-electron chi connectivity index (χ0n) is 17.2. The summed E-state index contributed by atoms with van der Waals surface area (Å²) in [7, 11) is 5.40. The molecule has 2 aromatic rings. The lowest BCUT2D eigenvalue weighted by Gasteiger charge is -2.25. The lowest BCUT2D eigenvalue weighted by Crippen LogP contribution is -2.33. The normalized spacial score (nSPS) is 19.3. The molecule has 0 saturated carbocycles. The predicted octanol–water partition coefficient (Wildman–Crippen LogP) is 2.50. The lowest BCUT2D eigenvalue weighted by atomic mass is 9.88. The number of hydrogen-bond donors (Lipinski definition) is 0. The number of hydrogen-bond acceptors (Lipinski definition) is 6. The molecule has 0 bridgehead atoms. The van der Waals surface area contributed by atoms with Gasteiger partial charge in [-0.15, -0.1) is 0 Å². The van der Waals surface area contributed by atoms with Crippen LogP contribution in [-0.2, 0) is 9.59 Å². The van der Waals surface area contributed by atoms with Crippen LogP contribution in [0.25, 0.3) is 0 Å². The molecule has 1 fully saturated rings. The summed E-state index contributed by atoms with van der Waals surface area (Å²) in [6.45, 7) is 2.92. The summed E-state index contributed by atoms with van der Waals surface area (Å²) < 4.78 is 10.9. The minimum atomic E-state index is -1.14. The smallest absolute Gasteiger partial charge is 0.291 e. The van der Waals surface area contributed by atoms with Crippen LogP contribution in [0.2, 0.25) is 0 Å². The fraction of sp³-hybridized carbons (Fsp3) is 0.409. The molecule has 2 heterocycles. The number of amides is 1. The van der Waals surface area contributed by atoms with E-state index in [1.165, 1.54) is 12.0 Å². The van der Waals surface area contributed by atoms with E-state index in [0.717, 1.165) is 6.54 Å². The molecule has 7 nitrogen and oxygen atoms in total. The molecule has 1 aliphatic heterocycles. The van der Waals surface area contributed by atoms with Gasteiger partial charge in [-0.05, 0) is 58.3 Å². The predicted molar refractivity (Wildman–Crippen MR) is 107 cm³/mol. The highest BCUT2D eigenvalue weighted by atomic mass is 16.5. The molecule has 1 aliphatic rings. The Kier molecular flexibility index (Phi) is 6.17. The van der Waals surface area contributed by atoms with Crippen molar-refractivity contribution in [3.05, 3.63) is 53.5 Å². The van der Waals surface area contributed by atoms with Crippen molar-refractivity contribution in [2.75, 3.05) is 34.3 Å². The van der Waals surface area contributed by atoms with Gasteiger partial charge in [0.05, 0.1) is 7.11 Å². The summed E-state index contributed by atoms with van der Waals surface area (Å²) >= 11 is 0. The van der Waals surface area contributed by atoms with E-state index in [0.29, 0.717) is 35.8 Å². The molecule has 3 rings (SSSR count). The molecule has 2 unspecified atom stereocenters. The summed E-state index contributed by atoms with van der Waals surface area (Å²) in [5, 5.41) is 0. The second-order valence-electron chi connectivity index (χ2n) is 7.49. The third-order valence-corrected chi connectivity index (χ3v) is 5.10. The quantitative estimate of drug-likeness (QED) is 0.386. The Balaban J connectivity index is 1.97. The highest BCUT2D eigenvalue weighted by Crippen LogP contribution is 2.39. The molecule has 1 amide bonds. The van der Waals surface area contributed by atoms with Gasteiger partial charge in [-0.3, -0.25) is 14.4 Å². The first-order chi connectivity index (χ1) is 13.8. The van der Waals surface area contributed by atoms with Crippen molar-refractivity contribution in [1.29, 1.82) is 0 Å². The number of ether oxygens (including phenoxy) is 1. The summed E-state index contributed by atoms with van der Waals surface area (Å²) in [4.78, 5) is 42.4. The molecule has 1 aromatic carbocycles. The minimum absolute atomic E-state index is 0.332. The molecular weight excluding hydrogens is 372 g/mol. The average molecular weight is 398 g/mol. The van der Waals surface area contributed by atoms with Crippen molar-refractivity contribution in [2.24, 2.45) is 5.92 Å². The van der Waals surface area contributed by atoms with Gasteiger partial charge < -0.3 is 19.0 Å². The molecule has 0 radical (unpaired) electrons. The molecule has 154 valence electrons. The average Bonchev–Trinajstić information content (AvgIpc) is 3.23. The molecular formula is C22H26N2O5. The van der Waals surface area contributed by atoms with E-state index in [1.54, 1.807) is 43.3 Å². The summed E-state index contributed by atoms with van der Waals surface area (Å²) in [6.07, 6.45) is 0.683. The number of aryl methyl sites for hydroxylation is 1. The van der Waals surface area contributed by atoms with Crippen LogP contribution < -0.4 is 4.74 Å². The molecule has 7 heteroatoms. The number of nitrogens with zero attached hydrogens (tertiary/aromatic N) is 2. The summed E-state index contributed by atoms with van der Waals surface area (Å²) in [5.41, 5.74) is 0.332. The van der Waals surface area contributed by atoms with E-state index >= 15 is 0 Å². The minimum Gasteiger partial charge on any atom is -0.497 e. The van der Waals surface area contributed by atoms with Crippen LogP contribution in [0.3, 0.4) is 0 Å². The number of Topliss-reactive ketones (excluding diaryl/α,β-unsaturated/α-hetero) is 2. The molecule has 1 saturated heterocycles. The zero-order valence-corrected chi connectivity index (χ0v) is 17.2. The molecule has 0 N–H and O–H groups in total. The number of rotatable bonds is 8. The largest absolute Gasteiger partial charge is 0.497 e. The highest BCUT2D eigenvalue weighted by Gasteiger charge is 2.52. The molecule has 1 aromatic heterocycles. The fourth-order valence-corrected chi connectivity index (χ4v) is 3.67. The van der Waals surface area contributed by atoms with Crippen LogP contribution in [0.15, 0.2) is 40.8 Å². The van der Waals surface area contributed by atoms with Crippen LogP contribution >= 0.6 is 0 Å². The van der Waals surface area contributed by atoms with Crippen LogP contribution in [0.1, 0.15) is 34.3 Å². The summed E-state index contributed by atoms with van der Waals surface area (Å²) in [6, 6.07) is 9.38. The number of carbonyl (C=O) groups excluding carboxylic acids is 3. The van der Waals surface area contributed by atoms with Crippen LogP contribution in [-0.4, -0.2) is 61.6 Å². The third kappa shape index (κ3) is 4.24. The van der Waals surface area contributed by atoms with E-state index in [-0.39, 0.29) is 0 Å². The van der Waals surface area contributed by atoms with Crippen LogP contribution in [0.4, 0.5) is 0 Å². The Labute approximate surface area is 170 Å². The van der Waals surface area contributed by atoms with Gasteiger partial charge in [0.1, 0.15) is 29.2 Å². The van der Waals surface area contributed by atoms with Gasteiger partial charge in [-0.1, -0.05) is 12.1 Å². The second-order valence-corrected chi connectivity index (χ2v) is 7.49. The maximum absolute atomic E-state index is 13.3. The Morgan fingerprint density at radius 3 is 2.59 bits per heavy atom. The molecule has 29 heavy (non-hydrogen) atoms. The standard InChI is InChI=1S/C22H26N2O5/c1-14-9-10-17(29-14)19-18(20(25)15-7-5-8-16(13-15)28-4)21(26)22(27)24(19)12-6-11-23(2)3/h5,7-10,13,18-19H,6,11-12H2,1-4H3. The Morgan fingerprint density at radius 1 is 1.21 bits per heavy atom. The van der Waals surface area contributed by atoms with Crippen LogP contribution in [0.5, 0.6) is 5.75 Å². The highest BCUT2D eigenvalue weighted by molar-refractivity contribution is 6.44. The lowest BCUT2D eigenvalue weighted by molar-refractivity contribution is -0.140. The van der Waals surface area contributed by atoms with Gasteiger partial charge in [0, 0.05) is 12.1 Å². The second kappa shape index (κ2) is 8.61. The first-order valence-electron chi connectivity index (χ1n) is 9.57.